The Kier molecular flexibility index (Phi) is 6.43. The van der Waals surface area contributed by atoms with Crippen LogP contribution in [0.15, 0.2) is 53.3 Å². The molecule has 2 heterocycles. The predicted octanol–water partition coefficient (Wildman–Crippen LogP) is 2.41. The van der Waals surface area contributed by atoms with Crippen LogP contribution in [0.3, 0.4) is 0 Å². The number of hydrogen-bond donors (Lipinski definition) is 1. The van der Waals surface area contributed by atoms with Gasteiger partial charge in [0.05, 0.1) is 29.9 Å². The van der Waals surface area contributed by atoms with Gasteiger partial charge in [0, 0.05) is 18.5 Å². The monoisotopic (exact) mass is 448 g/mol. The molecule has 0 unspecified atom stereocenters. The van der Waals surface area contributed by atoms with E-state index >= 15 is 0 Å². The van der Waals surface area contributed by atoms with Crippen LogP contribution in [0.5, 0.6) is 0 Å². The van der Waals surface area contributed by atoms with Gasteiger partial charge in [-0.3, -0.25) is 4.79 Å². The molecule has 0 aliphatic carbocycles. The fourth-order valence-electron chi connectivity index (χ4n) is 4.26. The molecule has 1 saturated heterocycles. The minimum absolute atomic E-state index is 0.0964. The Morgan fingerprint density at radius 3 is 2.45 bits per heavy atom. The highest BCUT2D eigenvalue weighted by atomic mass is 19.1. The summed E-state index contributed by atoms with van der Waals surface area (Å²) in [4.78, 5) is 17.3. The van der Waals surface area contributed by atoms with Crippen LogP contribution in [0.2, 0.25) is 0 Å². The van der Waals surface area contributed by atoms with Crippen LogP contribution in [0.4, 0.5) is 10.1 Å². The van der Waals surface area contributed by atoms with Gasteiger partial charge in [0.25, 0.3) is 5.56 Å². The summed E-state index contributed by atoms with van der Waals surface area (Å²) >= 11 is 0. The molecule has 0 atom stereocenters. The number of anilines is 1. The third kappa shape index (κ3) is 4.45. The lowest BCUT2D eigenvalue weighted by molar-refractivity contribution is -0.536. The van der Waals surface area contributed by atoms with Gasteiger partial charge in [-0.15, -0.1) is 0 Å². The summed E-state index contributed by atoms with van der Waals surface area (Å²) in [7, 11) is 3.90. The van der Waals surface area contributed by atoms with Crippen molar-refractivity contribution in [1.29, 1.82) is 5.26 Å². The Balaban J connectivity index is 1.70. The molecular formula is C25H27FN5O2+. The van der Waals surface area contributed by atoms with Gasteiger partial charge in [0.2, 0.25) is 0 Å². The number of aliphatic hydroxyl groups excluding tert-OH is 1. The largest absolute Gasteiger partial charge is 0.460 e. The van der Waals surface area contributed by atoms with Crippen molar-refractivity contribution >= 4 is 22.5 Å². The van der Waals surface area contributed by atoms with Crippen LogP contribution >= 0.6 is 0 Å². The number of pyridine rings is 1. The van der Waals surface area contributed by atoms with E-state index < -0.39 is 0 Å². The Labute approximate surface area is 191 Å². The maximum Gasteiger partial charge on any atom is 0.367 e. The second kappa shape index (κ2) is 9.43. The standard InChI is InChI=1S/C25H26FN5O2/c1-28(2)11-16-31-22-6-4-3-5-20(22)23(21(17-27)25(31)33)29-12-14-30(15-13-29)24(32)18-7-9-19(26)10-8-18/h3-10H,11-16H2,1-2H3/p+1. The average Bonchev–Trinajstić information content (AvgIpc) is 2.83. The van der Waals surface area contributed by atoms with E-state index in [0.29, 0.717) is 50.5 Å². The Bertz CT molecular complexity index is 1300. The first-order valence-corrected chi connectivity index (χ1v) is 10.9. The lowest BCUT2D eigenvalue weighted by Crippen LogP contribution is -2.45. The number of benzene rings is 2. The van der Waals surface area contributed by atoms with Gasteiger partial charge in [-0.25, -0.2) is 4.39 Å². The van der Waals surface area contributed by atoms with Crippen molar-refractivity contribution in [3.63, 3.8) is 0 Å². The van der Waals surface area contributed by atoms with E-state index in [2.05, 4.69) is 6.07 Å². The lowest BCUT2D eigenvalue weighted by atomic mass is 10.1. The number of para-hydroxylation sites is 1. The molecule has 33 heavy (non-hydrogen) atoms. The normalized spacial score (nSPS) is 14.0. The first-order chi connectivity index (χ1) is 15.9. The zero-order chi connectivity index (χ0) is 23.5. The Morgan fingerprint density at radius 1 is 1.15 bits per heavy atom. The topological polar surface area (TPSA) is 75.5 Å². The van der Waals surface area contributed by atoms with Gasteiger partial charge in [0.15, 0.2) is 13.1 Å². The number of nitriles is 1. The van der Waals surface area contributed by atoms with Crippen molar-refractivity contribution in [1.82, 2.24) is 9.47 Å². The number of piperazine rings is 1. The van der Waals surface area contributed by atoms with E-state index in [1.165, 1.54) is 12.1 Å². The molecule has 4 rings (SSSR count). The van der Waals surface area contributed by atoms with Crippen LogP contribution in [0.1, 0.15) is 11.1 Å². The highest BCUT2D eigenvalue weighted by Crippen LogP contribution is 2.29. The molecule has 7 nitrogen and oxygen atoms in total. The summed E-state index contributed by atoms with van der Waals surface area (Å²) in [5, 5.41) is 21.4. The highest BCUT2D eigenvalue weighted by molar-refractivity contribution is 5.95. The van der Waals surface area contributed by atoms with Gasteiger partial charge in [-0.05, 0) is 44.4 Å². The number of hydrogen-bond acceptors (Lipinski definition) is 4. The van der Waals surface area contributed by atoms with Crippen molar-refractivity contribution in [2.24, 2.45) is 0 Å². The maximum atomic E-state index is 13.3. The predicted molar refractivity (Wildman–Crippen MR) is 127 cm³/mol. The van der Waals surface area contributed by atoms with Crippen molar-refractivity contribution in [2.45, 2.75) is 6.54 Å². The van der Waals surface area contributed by atoms with Crippen LogP contribution in [0.25, 0.3) is 10.9 Å². The summed E-state index contributed by atoms with van der Waals surface area (Å²) in [5.74, 6) is -0.258. The number of aromatic nitrogens is 1. The molecule has 0 bridgehead atoms. The number of fused-ring (bicyclic) bond motifs is 1. The van der Waals surface area contributed by atoms with Crippen molar-refractivity contribution in [2.75, 3.05) is 51.7 Å². The van der Waals surface area contributed by atoms with E-state index in [1.807, 2.05) is 52.7 Å². The fourth-order valence-corrected chi connectivity index (χ4v) is 4.26. The molecule has 2 aromatic carbocycles. The molecular weight excluding hydrogens is 421 g/mol. The molecule has 0 spiro atoms. The van der Waals surface area contributed by atoms with Crippen molar-refractivity contribution < 1.29 is 14.1 Å². The minimum Gasteiger partial charge on any atom is -0.460 e. The Hall–Kier alpha value is -3.70. The number of halogens is 1. The zero-order valence-electron chi connectivity index (χ0n) is 18.8. The molecule has 0 amide bonds. The summed E-state index contributed by atoms with van der Waals surface area (Å²) in [5.41, 5.74) is 1.88. The zero-order valence-corrected chi connectivity index (χ0v) is 18.8. The third-order valence-electron chi connectivity index (χ3n) is 6.03. The molecule has 1 aliphatic rings. The third-order valence-corrected chi connectivity index (χ3v) is 6.03. The lowest BCUT2D eigenvalue weighted by Gasteiger charge is -2.30. The maximum absolute atomic E-state index is 13.3. The quantitative estimate of drug-likeness (QED) is 0.479. The highest BCUT2D eigenvalue weighted by Gasteiger charge is 2.28. The summed E-state index contributed by atoms with van der Waals surface area (Å²) in [6, 6.07) is 15.6. The molecule has 0 saturated carbocycles. The average molecular weight is 449 g/mol. The number of nitrogens with zero attached hydrogens (tertiary/aromatic N) is 5. The van der Waals surface area contributed by atoms with E-state index in [-0.39, 0.29) is 22.8 Å². The second-order valence-electron chi connectivity index (χ2n) is 8.42. The minimum atomic E-state index is -0.354. The molecule has 8 heteroatoms. The molecule has 0 radical (unpaired) electrons. The van der Waals surface area contributed by atoms with Gasteiger partial charge in [-0.1, -0.05) is 18.2 Å². The van der Waals surface area contributed by atoms with Crippen LogP contribution in [0, 0.1) is 17.1 Å². The summed E-state index contributed by atoms with van der Waals surface area (Å²) in [6.07, 6.45) is 0. The van der Waals surface area contributed by atoms with Crippen LogP contribution in [-0.2, 0) is 6.54 Å². The first-order valence-electron chi connectivity index (χ1n) is 10.9. The van der Waals surface area contributed by atoms with Gasteiger partial charge >= 0.3 is 5.90 Å². The number of likely N-dealkylation sites (N-methyl/N-ethyl adjacent to an activating group) is 1. The summed E-state index contributed by atoms with van der Waals surface area (Å²) in [6.45, 7) is 3.26. The van der Waals surface area contributed by atoms with Crippen LogP contribution in [-0.4, -0.2) is 71.9 Å². The SMILES string of the molecule is CN(C)CCn1c(=O)c(C#N)c(N2CC[N+](=C(O)c3ccc(F)cc3)CC2)c2ccccc21. The van der Waals surface area contributed by atoms with E-state index in [9.17, 15) is 19.6 Å². The summed E-state index contributed by atoms with van der Waals surface area (Å²) < 4.78 is 16.7. The smallest absolute Gasteiger partial charge is 0.367 e. The van der Waals surface area contributed by atoms with Crippen molar-refractivity contribution in [3.8, 4) is 6.07 Å². The van der Waals surface area contributed by atoms with E-state index in [4.69, 9.17) is 0 Å². The molecule has 1 aliphatic heterocycles. The van der Waals surface area contributed by atoms with Crippen LogP contribution < -0.4 is 10.5 Å². The van der Waals surface area contributed by atoms with Crippen molar-refractivity contribution in [3.05, 3.63) is 75.8 Å². The van der Waals surface area contributed by atoms with Gasteiger partial charge in [-0.2, -0.15) is 9.84 Å². The first kappa shape index (κ1) is 22.5. The molecule has 3 aromatic rings. The van der Waals surface area contributed by atoms with Gasteiger partial charge in [0.1, 0.15) is 17.4 Å². The molecule has 1 fully saturated rings. The van der Waals surface area contributed by atoms with E-state index in [1.54, 1.807) is 16.7 Å². The molecule has 170 valence electrons. The van der Waals surface area contributed by atoms with E-state index in [0.717, 1.165) is 10.9 Å². The molecule has 1 N–H and O–H groups in total. The number of aliphatic hydroxyl groups is 1. The Morgan fingerprint density at radius 2 is 1.82 bits per heavy atom. The second-order valence-corrected chi connectivity index (χ2v) is 8.42. The van der Waals surface area contributed by atoms with Gasteiger partial charge < -0.3 is 19.5 Å². The number of rotatable bonds is 5. The molecule has 1 aromatic heterocycles. The fraction of sp³-hybridized carbons (Fsp3) is 0.320.